The first-order valence-electron chi connectivity index (χ1n) is 7.10. The van der Waals surface area contributed by atoms with Gasteiger partial charge in [0.2, 0.25) is 5.91 Å². The van der Waals surface area contributed by atoms with Gasteiger partial charge in [-0.05, 0) is 54.8 Å². The van der Waals surface area contributed by atoms with E-state index >= 15 is 0 Å². The number of halogens is 1. The van der Waals surface area contributed by atoms with Crippen molar-refractivity contribution in [3.63, 3.8) is 0 Å². The molecule has 0 aliphatic heterocycles. The van der Waals surface area contributed by atoms with E-state index in [2.05, 4.69) is 31.2 Å². The first kappa shape index (κ1) is 14.8. The number of hydrogen-bond donors (Lipinski definition) is 2. The maximum Gasteiger partial charge on any atom is 0.224 e. The molecule has 5 heteroatoms. The average Bonchev–Trinajstić information content (AvgIpc) is 2.96. The molecule has 0 atom stereocenters. The molecule has 1 heterocycles. The third-order valence-corrected chi connectivity index (χ3v) is 4.46. The molecular weight excluding hydrogens is 342 g/mol. The first-order valence-corrected chi connectivity index (χ1v) is 7.89. The zero-order chi connectivity index (χ0) is 15.5. The van der Waals surface area contributed by atoms with Crippen molar-refractivity contribution >= 4 is 38.6 Å². The van der Waals surface area contributed by atoms with Crippen LogP contribution in [0.15, 0.2) is 47.2 Å². The average molecular weight is 358 g/mol. The van der Waals surface area contributed by atoms with Crippen LogP contribution in [-0.4, -0.2) is 15.9 Å². The molecular formula is C17H16BrN3O. The molecule has 0 radical (unpaired) electrons. The van der Waals surface area contributed by atoms with E-state index in [-0.39, 0.29) is 5.91 Å². The second-order valence-corrected chi connectivity index (χ2v) is 6.12. The van der Waals surface area contributed by atoms with E-state index in [1.54, 1.807) is 6.33 Å². The summed E-state index contributed by atoms with van der Waals surface area (Å²) in [5, 5.41) is 2.93. The highest BCUT2D eigenvalue weighted by atomic mass is 79.9. The SMILES string of the molecule is Cc1cc(NC(=O)CCc2ccc3nc[nH]c3c2)ccc1Br. The zero-order valence-electron chi connectivity index (χ0n) is 12.2. The van der Waals surface area contributed by atoms with E-state index in [9.17, 15) is 4.79 Å². The molecule has 4 nitrogen and oxygen atoms in total. The maximum atomic E-state index is 12.1. The van der Waals surface area contributed by atoms with Crippen LogP contribution in [0.5, 0.6) is 0 Å². The Morgan fingerprint density at radius 3 is 2.95 bits per heavy atom. The van der Waals surface area contributed by atoms with Gasteiger partial charge in [0, 0.05) is 16.6 Å². The number of fused-ring (bicyclic) bond motifs is 1. The van der Waals surface area contributed by atoms with Gasteiger partial charge in [-0.2, -0.15) is 0 Å². The lowest BCUT2D eigenvalue weighted by Gasteiger charge is -2.07. The largest absolute Gasteiger partial charge is 0.345 e. The first-order chi connectivity index (χ1) is 10.6. The van der Waals surface area contributed by atoms with Gasteiger partial charge in [0.15, 0.2) is 0 Å². The fourth-order valence-corrected chi connectivity index (χ4v) is 2.59. The van der Waals surface area contributed by atoms with Crippen LogP contribution >= 0.6 is 15.9 Å². The van der Waals surface area contributed by atoms with Crippen molar-refractivity contribution in [1.29, 1.82) is 0 Å². The Hall–Kier alpha value is -2.14. The summed E-state index contributed by atoms with van der Waals surface area (Å²) in [5.41, 5.74) is 5.00. The fraction of sp³-hybridized carbons (Fsp3) is 0.176. The molecule has 112 valence electrons. The Morgan fingerprint density at radius 2 is 2.14 bits per heavy atom. The van der Waals surface area contributed by atoms with Crippen LogP contribution in [-0.2, 0) is 11.2 Å². The van der Waals surface area contributed by atoms with Gasteiger partial charge >= 0.3 is 0 Å². The van der Waals surface area contributed by atoms with Crippen LogP contribution in [0.4, 0.5) is 5.69 Å². The topological polar surface area (TPSA) is 57.8 Å². The number of anilines is 1. The van der Waals surface area contributed by atoms with Gasteiger partial charge in [-0.15, -0.1) is 0 Å². The van der Waals surface area contributed by atoms with Gasteiger partial charge in [-0.3, -0.25) is 4.79 Å². The molecule has 0 fully saturated rings. The van der Waals surface area contributed by atoms with Gasteiger partial charge in [-0.25, -0.2) is 4.98 Å². The number of aryl methyl sites for hydroxylation is 2. The summed E-state index contributed by atoms with van der Waals surface area (Å²) in [5.74, 6) is 0.0198. The summed E-state index contributed by atoms with van der Waals surface area (Å²) in [7, 11) is 0. The summed E-state index contributed by atoms with van der Waals surface area (Å²) in [6, 6.07) is 11.8. The lowest BCUT2D eigenvalue weighted by atomic mass is 10.1. The van der Waals surface area contributed by atoms with Gasteiger partial charge in [0.1, 0.15) is 0 Å². The van der Waals surface area contributed by atoms with Crippen molar-refractivity contribution in [1.82, 2.24) is 9.97 Å². The summed E-state index contributed by atoms with van der Waals surface area (Å²) >= 11 is 3.45. The molecule has 1 aromatic heterocycles. The van der Waals surface area contributed by atoms with Gasteiger partial charge < -0.3 is 10.3 Å². The number of nitrogens with zero attached hydrogens (tertiary/aromatic N) is 1. The molecule has 2 N–H and O–H groups in total. The summed E-state index contributed by atoms with van der Waals surface area (Å²) in [6.07, 6.45) is 2.84. The minimum atomic E-state index is 0.0198. The second-order valence-electron chi connectivity index (χ2n) is 5.27. The molecule has 0 unspecified atom stereocenters. The molecule has 0 aliphatic rings. The Morgan fingerprint density at radius 1 is 1.27 bits per heavy atom. The number of carbonyl (C=O) groups excluding carboxylic acids is 1. The highest BCUT2D eigenvalue weighted by Gasteiger charge is 2.05. The molecule has 0 saturated heterocycles. The number of H-pyrrole nitrogens is 1. The third-order valence-electron chi connectivity index (χ3n) is 3.57. The van der Waals surface area contributed by atoms with Crippen LogP contribution in [0, 0.1) is 6.92 Å². The monoisotopic (exact) mass is 357 g/mol. The predicted molar refractivity (Wildman–Crippen MR) is 91.9 cm³/mol. The Kier molecular flexibility index (Phi) is 4.24. The second kappa shape index (κ2) is 6.32. The molecule has 2 aromatic carbocycles. The Labute approximate surface area is 137 Å². The zero-order valence-corrected chi connectivity index (χ0v) is 13.8. The predicted octanol–water partition coefficient (Wildman–Crippen LogP) is 4.21. The molecule has 0 saturated carbocycles. The number of aromatic nitrogens is 2. The number of hydrogen-bond acceptors (Lipinski definition) is 2. The van der Waals surface area contributed by atoms with Crippen molar-refractivity contribution in [2.45, 2.75) is 19.8 Å². The molecule has 0 spiro atoms. The molecule has 3 rings (SSSR count). The van der Waals surface area contributed by atoms with E-state index in [4.69, 9.17) is 0 Å². The molecule has 0 aliphatic carbocycles. The van der Waals surface area contributed by atoms with Crippen molar-refractivity contribution in [3.8, 4) is 0 Å². The standard InChI is InChI=1S/C17H16BrN3O/c1-11-8-13(4-5-14(11)18)21-17(22)7-3-12-2-6-15-16(9-12)20-10-19-15/h2,4-6,8-10H,3,7H2,1H3,(H,19,20)(H,21,22). The highest BCUT2D eigenvalue weighted by Crippen LogP contribution is 2.20. The third kappa shape index (κ3) is 3.36. The number of rotatable bonds is 4. The van der Waals surface area contributed by atoms with E-state index in [0.717, 1.165) is 32.3 Å². The normalized spacial score (nSPS) is 10.8. The maximum absolute atomic E-state index is 12.1. The quantitative estimate of drug-likeness (QED) is 0.734. The van der Waals surface area contributed by atoms with Crippen molar-refractivity contribution in [2.75, 3.05) is 5.32 Å². The van der Waals surface area contributed by atoms with Crippen LogP contribution in [0.25, 0.3) is 11.0 Å². The van der Waals surface area contributed by atoms with E-state index < -0.39 is 0 Å². The van der Waals surface area contributed by atoms with E-state index in [1.807, 2.05) is 43.3 Å². The Balaban J connectivity index is 1.60. The van der Waals surface area contributed by atoms with Crippen LogP contribution in [0.3, 0.4) is 0 Å². The minimum Gasteiger partial charge on any atom is -0.345 e. The van der Waals surface area contributed by atoms with Gasteiger partial charge in [0.05, 0.1) is 17.4 Å². The van der Waals surface area contributed by atoms with Gasteiger partial charge in [-0.1, -0.05) is 22.0 Å². The van der Waals surface area contributed by atoms with Crippen LogP contribution in [0.2, 0.25) is 0 Å². The molecule has 3 aromatic rings. The van der Waals surface area contributed by atoms with Crippen molar-refractivity contribution in [3.05, 3.63) is 58.3 Å². The van der Waals surface area contributed by atoms with Crippen molar-refractivity contribution < 1.29 is 4.79 Å². The smallest absolute Gasteiger partial charge is 0.224 e. The fourth-order valence-electron chi connectivity index (χ4n) is 2.34. The number of amides is 1. The number of aromatic amines is 1. The van der Waals surface area contributed by atoms with Crippen LogP contribution in [0.1, 0.15) is 17.5 Å². The van der Waals surface area contributed by atoms with Crippen molar-refractivity contribution in [2.24, 2.45) is 0 Å². The number of carbonyl (C=O) groups is 1. The summed E-state index contributed by atoms with van der Waals surface area (Å²) < 4.78 is 1.04. The van der Waals surface area contributed by atoms with E-state index in [0.29, 0.717) is 12.8 Å². The molecule has 0 bridgehead atoms. The van der Waals surface area contributed by atoms with E-state index in [1.165, 1.54) is 0 Å². The molecule has 22 heavy (non-hydrogen) atoms. The molecule has 1 amide bonds. The number of nitrogens with one attached hydrogen (secondary N) is 2. The lowest BCUT2D eigenvalue weighted by Crippen LogP contribution is -2.12. The minimum absolute atomic E-state index is 0.0198. The number of benzene rings is 2. The summed E-state index contributed by atoms with van der Waals surface area (Å²) in [4.78, 5) is 19.3. The summed E-state index contributed by atoms with van der Waals surface area (Å²) in [6.45, 7) is 2.00. The van der Waals surface area contributed by atoms with Gasteiger partial charge in [0.25, 0.3) is 0 Å². The Bertz CT molecular complexity index is 826. The van der Waals surface area contributed by atoms with Crippen LogP contribution < -0.4 is 5.32 Å². The number of imidazole rings is 1. The lowest BCUT2D eigenvalue weighted by molar-refractivity contribution is -0.116. The highest BCUT2D eigenvalue weighted by molar-refractivity contribution is 9.10.